The van der Waals surface area contributed by atoms with Gasteiger partial charge in [0.2, 0.25) is 0 Å². The lowest BCUT2D eigenvalue weighted by Gasteiger charge is -2.04. The molecule has 15 heavy (non-hydrogen) atoms. The summed E-state index contributed by atoms with van der Waals surface area (Å²) in [5, 5.41) is 5.00. The molecule has 2 aromatic carbocycles. The van der Waals surface area contributed by atoms with Gasteiger partial charge in [0.1, 0.15) is 0 Å². The molecule has 0 aliphatic heterocycles. The van der Waals surface area contributed by atoms with Crippen LogP contribution in [0.4, 0.5) is 10.5 Å². The largest absolute Gasteiger partial charge is 0.317 e. The van der Waals surface area contributed by atoms with E-state index in [1.54, 1.807) is 0 Å². The number of aryl methyl sites for hydroxylation is 1. The maximum absolute atomic E-state index is 10.8. The van der Waals surface area contributed by atoms with Crippen LogP contribution in [0.5, 0.6) is 0 Å². The highest BCUT2D eigenvalue weighted by Gasteiger charge is 1.98. The molecule has 0 saturated carbocycles. The van der Waals surface area contributed by atoms with Crippen LogP contribution in [0, 0.1) is 6.92 Å². The minimum absolute atomic E-state index is 0.228. The van der Waals surface area contributed by atoms with Crippen LogP contribution in [0.25, 0.3) is 10.8 Å². The summed E-state index contributed by atoms with van der Waals surface area (Å²) in [7, 11) is 0. The first-order valence-corrected chi connectivity index (χ1v) is 5.41. The molecule has 0 atom stereocenters. The van der Waals surface area contributed by atoms with Crippen molar-refractivity contribution in [2.45, 2.75) is 6.92 Å². The highest BCUT2D eigenvalue weighted by atomic mass is 79.9. The molecule has 0 aromatic heterocycles. The Kier molecular flexibility index (Phi) is 2.73. The molecule has 0 spiro atoms. The molecule has 0 radical (unpaired) electrons. The lowest BCUT2D eigenvalue weighted by Crippen LogP contribution is -1.99. The molecule has 0 bridgehead atoms. The summed E-state index contributed by atoms with van der Waals surface area (Å²) in [5.41, 5.74) is 2.04. The zero-order valence-electron chi connectivity index (χ0n) is 8.25. The Labute approximate surface area is 96.4 Å². The van der Waals surface area contributed by atoms with E-state index in [9.17, 15) is 4.79 Å². The second kappa shape index (κ2) is 4.03. The molecule has 1 amide bonds. The smallest absolute Gasteiger partial charge is 0.291 e. The minimum Gasteiger partial charge on any atom is -0.317 e. The summed E-state index contributed by atoms with van der Waals surface area (Å²) in [5.74, 6) is 0. The molecule has 2 rings (SSSR count). The maximum atomic E-state index is 10.8. The van der Waals surface area contributed by atoms with Crippen LogP contribution < -0.4 is 5.32 Å². The Bertz CT molecular complexity index is 522. The summed E-state index contributed by atoms with van der Waals surface area (Å²) >= 11 is 2.84. The molecule has 1 N–H and O–H groups in total. The average molecular weight is 264 g/mol. The molecule has 2 nitrogen and oxygen atoms in total. The van der Waals surface area contributed by atoms with Gasteiger partial charge in [0.25, 0.3) is 4.82 Å². The summed E-state index contributed by atoms with van der Waals surface area (Å²) < 4.78 is 0. The highest BCUT2D eigenvalue weighted by Crippen LogP contribution is 2.20. The van der Waals surface area contributed by atoms with Crippen LogP contribution in [0.1, 0.15) is 5.56 Å². The Hall–Kier alpha value is -1.35. The number of rotatable bonds is 1. The first-order chi connectivity index (χ1) is 7.15. The van der Waals surface area contributed by atoms with Gasteiger partial charge < -0.3 is 5.32 Å². The molecule has 2 aromatic rings. The van der Waals surface area contributed by atoms with Crippen molar-refractivity contribution in [3.63, 3.8) is 0 Å². The van der Waals surface area contributed by atoms with Gasteiger partial charge in [0, 0.05) is 21.6 Å². The zero-order valence-corrected chi connectivity index (χ0v) is 9.84. The standard InChI is InChI=1S/C12H10BrNO/c1-8-2-3-10-7-11(14-12(13)15)5-4-9(10)6-8/h2-7H,1H3,(H,14,15). The van der Waals surface area contributed by atoms with Crippen LogP contribution >= 0.6 is 15.9 Å². The molecule has 0 fully saturated rings. The van der Waals surface area contributed by atoms with E-state index in [4.69, 9.17) is 0 Å². The van der Waals surface area contributed by atoms with Crippen LogP contribution in [-0.2, 0) is 0 Å². The number of amides is 1. The Morgan fingerprint density at radius 1 is 1.13 bits per heavy atom. The molecule has 0 aliphatic carbocycles. The van der Waals surface area contributed by atoms with E-state index in [2.05, 4.69) is 46.4 Å². The number of anilines is 1. The first-order valence-electron chi connectivity index (χ1n) is 4.62. The fourth-order valence-electron chi connectivity index (χ4n) is 1.56. The van der Waals surface area contributed by atoms with E-state index in [0.29, 0.717) is 0 Å². The van der Waals surface area contributed by atoms with Gasteiger partial charge >= 0.3 is 0 Å². The van der Waals surface area contributed by atoms with Gasteiger partial charge in [-0.25, -0.2) is 0 Å². The minimum atomic E-state index is -0.228. The molecular formula is C12H10BrNO. The van der Waals surface area contributed by atoms with Crippen molar-refractivity contribution in [3.8, 4) is 0 Å². The van der Waals surface area contributed by atoms with Crippen LogP contribution in [-0.4, -0.2) is 4.82 Å². The van der Waals surface area contributed by atoms with Crippen molar-refractivity contribution in [2.24, 2.45) is 0 Å². The van der Waals surface area contributed by atoms with Crippen molar-refractivity contribution >= 4 is 37.2 Å². The summed E-state index contributed by atoms with van der Waals surface area (Å²) in [4.78, 5) is 10.6. The van der Waals surface area contributed by atoms with E-state index in [1.165, 1.54) is 10.9 Å². The van der Waals surface area contributed by atoms with Gasteiger partial charge in [-0.1, -0.05) is 29.8 Å². The van der Waals surface area contributed by atoms with Gasteiger partial charge in [0.15, 0.2) is 0 Å². The van der Waals surface area contributed by atoms with E-state index >= 15 is 0 Å². The Morgan fingerprint density at radius 3 is 2.53 bits per heavy atom. The zero-order chi connectivity index (χ0) is 10.8. The van der Waals surface area contributed by atoms with Crippen LogP contribution in [0.15, 0.2) is 36.4 Å². The average Bonchev–Trinajstić information content (AvgIpc) is 2.17. The molecule has 3 heteroatoms. The lowest BCUT2D eigenvalue weighted by molar-refractivity contribution is 0.270. The predicted molar refractivity (Wildman–Crippen MR) is 66.6 cm³/mol. The van der Waals surface area contributed by atoms with E-state index in [1.807, 2.05) is 18.2 Å². The number of fused-ring (bicyclic) bond motifs is 1. The molecule has 0 saturated heterocycles. The number of benzene rings is 2. The first kappa shape index (κ1) is 10.2. The quantitative estimate of drug-likeness (QED) is 0.610. The number of hydrogen-bond acceptors (Lipinski definition) is 1. The molecular weight excluding hydrogens is 254 g/mol. The molecule has 0 heterocycles. The fraction of sp³-hybridized carbons (Fsp3) is 0.0833. The number of carbonyl (C=O) groups is 1. The second-order valence-electron chi connectivity index (χ2n) is 3.46. The number of halogens is 1. The number of nitrogens with one attached hydrogen (secondary N) is 1. The van der Waals surface area contributed by atoms with Crippen molar-refractivity contribution in [2.75, 3.05) is 5.32 Å². The van der Waals surface area contributed by atoms with Crippen molar-refractivity contribution in [1.82, 2.24) is 0 Å². The van der Waals surface area contributed by atoms with Gasteiger partial charge in [-0.2, -0.15) is 0 Å². The van der Waals surface area contributed by atoms with Gasteiger partial charge in [-0.3, -0.25) is 4.79 Å². The number of hydrogen-bond donors (Lipinski definition) is 1. The third kappa shape index (κ3) is 2.36. The fourth-order valence-corrected chi connectivity index (χ4v) is 1.79. The van der Waals surface area contributed by atoms with Crippen LogP contribution in [0.2, 0.25) is 0 Å². The topological polar surface area (TPSA) is 29.1 Å². The van der Waals surface area contributed by atoms with Crippen molar-refractivity contribution < 1.29 is 4.79 Å². The summed E-state index contributed by atoms with van der Waals surface area (Å²) in [6.45, 7) is 2.06. The maximum Gasteiger partial charge on any atom is 0.291 e. The van der Waals surface area contributed by atoms with Crippen LogP contribution in [0.3, 0.4) is 0 Å². The molecule has 0 aliphatic rings. The van der Waals surface area contributed by atoms with Gasteiger partial charge in [-0.05, 0) is 29.8 Å². The predicted octanol–water partition coefficient (Wildman–Crippen LogP) is 4.08. The third-order valence-corrected chi connectivity index (χ3v) is 2.44. The monoisotopic (exact) mass is 263 g/mol. The normalized spacial score (nSPS) is 10.3. The van der Waals surface area contributed by atoms with Crippen molar-refractivity contribution in [1.29, 1.82) is 0 Å². The number of carbonyl (C=O) groups excluding carboxylic acids is 1. The van der Waals surface area contributed by atoms with E-state index < -0.39 is 0 Å². The SMILES string of the molecule is Cc1ccc2cc(NC(=O)Br)ccc2c1. The Morgan fingerprint density at radius 2 is 1.80 bits per heavy atom. The second-order valence-corrected chi connectivity index (χ2v) is 4.18. The summed E-state index contributed by atoms with van der Waals surface area (Å²) in [6, 6.07) is 12.1. The molecule has 76 valence electrons. The van der Waals surface area contributed by atoms with Crippen molar-refractivity contribution in [3.05, 3.63) is 42.0 Å². The van der Waals surface area contributed by atoms with E-state index in [-0.39, 0.29) is 4.82 Å². The lowest BCUT2D eigenvalue weighted by atomic mass is 10.1. The third-order valence-electron chi connectivity index (χ3n) is 2.24. The Balaban J connectivity index is 2.47. The van der Waals surface area contributed by atoms with E-state index in [0.717, 1.165) is 11.1 Å². The summed E-state index contributed by atoms with van der Waals surface area (Å²) in [6.07, 6.45) is 0. The van der Waals surface area contributed by atoms with Gasteiger partial charge in [0.05, 0.1) is 0 Å². The van der Waals surface area contributed by atoms with Gasteiger partial charge in [-0.15, -0.1) is 0 Å². The molecule has 0 unspecified atom stereocenters. The highest BCUT2D eigenvalue weighted by molar-refractivity contribution is 9.18.